The maximum Gasteiger partial charge on any atom is 2.00 e. The van der Waals surface area contributed by atoms with Crippen LogP contribution in [0.1, 0.15) is 71.1 Å². The molecule has 98 valence electrons. The molecular weight excluding hydrogens is 249 g/mol. The molecule has 0 fully saturated rings. The van der Waals surface area contributed by atoms with E-state index >= 15 is 0 Å². The van der Waals surface area contributed by atoms with Crippen molar-refractivity contribution in [1.29, 1.82) is 0 Å². The molecule has 0 aliphatic rings. The fraction of sp³-hybridized carbons (Fsp3) is 1.00. The topological polar surface area (TPSA) is 54.4 Å². The van der Waals surface area contributed by atoms with Crippen LogP contribution < -0.4 is 0 Å². The van der Waals surface area contributed by atoms with Gasteiger partial charge in [-0.15, -0.1) is 0 Å². The van der Waals surface area contributed by atoms with Gasteiger partial charge in [0.05, 0.1) is 5.75 Å². The zero-order chi connectivity index (χ0) is 12.3. The average molecular weight is 275 g/mol. The Morgan fingerprint density at radius 1 is 0.765 bits per heavy atom. The van der Waals surface area contributed by atoms with Crippen molar-refractivity contribution in [3.05, 3.63) is 0 Å². The first kappa shape index (κ1) is 20.0. The molecule has 0 spiro atoms. The summed E-state index contributed by atoms with van der Waals surface area (Å²) in [4.78, 5) is 0. The summed E-state index contributed by atoms with van der Waals surface area (Å²) in [5.74, 6) is -0.0799. The third-order valence-corrected chi connectivity index (χ3v) is 3.56. The van der Waals surface area contributed by atoms with E-state index in [4.69, 9.17) is 4.55 Å². The van der Waals surface area contributed by atoms with E-state index in [1.165, 1.54) is 44.9 Å². The van der Waals surface area contributed by atoms with Gasteiger partial charge < -0.3 is 0 Å². The molecule has 0 aromatic carbocycles. The zero-order valence-electron chi connectivity index (χ0n) is 11.2. The third kappa shape index (κ3) is 19.2. The Bertz CT molecular complexity index is 240. The summed E-state index contributed by atoms with van der Waals surface area (Å²) in [5, 5.41) is 0. The van der Waals surface area contributed by atoms with Gasteiger partial charge in [0, 0.05) is 0 Å². The van der Waals surface area contributed by atoms with Crippen molar-refractivity contribution in [2.45, 2.75) is 71.1 Å². The molecule has 1 N–H and O–H groups in total. The molecular formula is C12H26MgO3S+2. The molecule has 0 radical (unpaired) electrons. The van der Waals surface area contributed by atoms with E-state index in [2.05, 4.69) is 6.92 Å². The SMILES string of the molecule is CCCCCCCCCCCCS(=O)(=O)O.[Mg+2]. The van der Waals surface area contributed by atoms with Gasteiger partial charge in [0.1, 0.15) is 0 Å². The fourth-order valence-electron chi connectivity index (χ4n) is 1.77. The summed E-state index contributed by atoms with van der Waals surface area (Å²) in [6, 6.07) is 0. The normalized spacial score (nSPS) is 11.2. The van der Waals surface area contributed by atoms with Gasteiger partial charge in [-0.1, -0.05) is 64.7 Å². The smallest absolute Gasteiger partial charge is 0.286 e. The quantitative estimate of drug-likeness (QED) is 0.357. The molecule has 0 atom stereocenters. The average Bonchev–Trinajstić information content (AvgIpc) is 2.19. The number of rotatable bonds is 11. The van der Waals surface area contributed by atoms with Crippen molar-refractivity contribution in [3.8, 4) is 0 Å². The molecule has 17 heavy (non-hydrogen) atoms. The van der Waals surface area contributed by atoms with Crippen LogP contribution >= 0.6 is 0 Å². The molecule has 0 saturated heterocycles. The van der Waals surface area contributed by atoms with Gasteiger partial charge >= 0.3 is 23.1 Å². The van der Waals surface area contributed by atoms with Gasteiger partial charge in [-0.3, -0.25) is 4.55 Å². The minimum absolute atomic E-state index is 0. The van der Waals surface area contributed by atoms with Crippen molar-refractivity contribution < 1.29 is 13.0 Å². The molecule has 5 heteroatoms. The van der Waals surface area contributed by atoms with Crippen LogP contribution in [0.5, 0.6) is 0 Å². The number of hydrogen-bond donors (Lipinski definition) is 1. The molecule has 0 heterocycles. The minimum Gasteiger partial charge on any atom is -0.286 e. The van der Waals surface area contributed by atoms with Crippen LogP contribution in [0.4, 0.5) is 0 Å². The van der Waals surface area contributed by atoms with E-state index in [0.29, 0.717) is 6.42 Å². The summed E-state index contributed by atoms with van der Waals surface area (Å²) in [6.45, 7) is 2.22. The zero-order valence-corrected chi connectivity index (χ0v) is 13.4. The second-order valence-electron chi connectivity index (χ2n) is 4.47. The van der Waals surface area contributed by atoms with Gasteiger partial charge in [0.25, 0.3) is 10.1 Å². The van der Waals surface area contributed by atoms with E-state index in [-0.39, 0.29) is 28.8 Å². The molecule has 0 aromatic heterocycles. The summed E-state index contributed by atoms with van der Waals surface area (Å²) >= 11 is 0. The molecule has 3 nitrogen and oxygen atoms in total. The van der Waals surface area contributed by atoms with Crippen molar-refractivity contribution in [2.24, 2.45) is 0 Å². The van der Waals surface area contributed by atoms with E-state index in [9.17, 15) is 8.42 Å². The summed E-state index contributed by atoms with van der Waals surface area (Å²) < 4.78 is 29.4. The standard InChI is InChI=1S/C12H26O3S.Mg/c1-2-3-4-5-6-7-8-9-10-11-12-16(13,14)15;/h2-12H2,1H3,(H,13,14,15);/q;+2. The van der Waals surface area contributed by atoms with Crippen LogP contribution in [0.2, 0.25) is 0 Å². The number of unbranched alkanes of at least 4 members (excludes halogenated alkanes) is 9. The molecule has 0 bridgehead atoms. The first-order valence-corrected chi connectivity index (χ1v) is 8.12. The predicted octanol–water partition coefficient (Wildman–Crippen LogP) is 3.41. The Kier molecular flexibility index (Phi) is 15.4. The van der Waals surface area contributed by atoms with Crippen molar-refractivity contribution in [1.82, 2.24) is 0 Å². The van der Waals surface area contributed by atoms with E-state index in [1.807, 2.05) is 0 Å². The van der Waals surface area contributed by atoms with Crippen molar-refractivity contribution in [3.63, 3.8) is 0 Å². The molecule has 0 amide bonds. The Balaban J connectivity index is 0. The van der Waals surface area contributed by atoms with E-state index < -0.39 is 10.1 Å². The third-order valence-electron chi connectivity index (χ3n) is 2.76. The van der Waals surface area contributed by atoms with Crippen molar-refractivity contribution >= 4 is 33.2 Å². The maximum absolute atomic E-state index is 10.4. The van der Waals surface area contributed by atoms with Crippen molar-refractivity contribution in [2.75, 3.05) is 5.75 Å². The second kappa shape index (κ2) is 13.1. The van der Waals surface area contributed by atoms with Gasteiger partial charge in [-0.25, -0.2) is 0 Å². The predicted molar refractivity (Wildman–Crippen MR) is 74.0 cm³/mol. The molecule has 0 saturated carbocycles. The Labute approximate surface area is 123 Å². The largest absolute Gasteiger partial charge is 2.00 e. The van der Waals surface area contributed by atoms with Crippen LogP contribution in [0, 0.1) is 0 Å². The van der Waals surface area contributed by atoms with Gasteiger partial charge in [-0.2, -0.15) is 8.42 Å². The van der Waals surface area contributed by atoms with Crippen LogP contribution in [-0.2, 0) is 10.1 Å². The molecule has 0 aromatic rings. The van der Waals surface area contributed by atoms with Crippen LogP contribution in [-0.4, -0.2) is 41.8 Å². The monoisotopic (exact) mass is 274 g/mol. The summed E-state index contributed by atoms with van der Waals surface area (Å²) in [7, 11) is -3.73. The minimum atomic E-state index is -3.73. The molecule has 0 aliphatic heterocycles. The maximum atomic E-state index is 10.4. The Hall–Kier alpha value is 0.676. The Morgan fingerprint density at radius 2 is 1.12 bits per heavy atom. The van der Waals surface area contributed by atoms with Crippen LogP contribution in [0.15, 0.2) is 0 Å². The first-order valence-electron chi connectivity index (χ1n) is 6.51. The summed E-state index contributed by atoms with van der Waals surface area (Å²) in [6.07, 6.45) is 11.7. The second-order valence-corrected chi connectivity index (χ2v) is 6.04. The van der Waals surface area contributed by atoms with Crippen LogP contribution in [0.3, 0.4) is 0 Å². The van der Waals surface area contributed by atoms with E-state index in [1.54, 1.807) is 0 Å². The van der Waals surface area contributed by atoms with Gasteiger partial charge in [-0.05, 0) is 6.42 Å². The summed E-state index contributed by atoms with van der Waals surface area (Å²) in [5.41, 5.74) is 0. The molecule has 0 aliphatic carbocycles. The molecule has 0 rings (SSSR count). The van der Waals surface area contributed by atoms with Gasteiger partial charge in [0.2, 0.25) is 0 Å². The fourth-order valence-corrected chi connectivity index (χ4v) is 2.34. The van der Waals surface area contributed by atoms with Gasteiger partial charge in [0.15, 0.2) is 0 Å². The Morgan fingerprint density at radius 3 is 1.47 bits per heavy atom. The van der Waals surface area contributed by atoms with Crippen LogP contribution in [0.25, 0.3) is 0 Å². The van der Waals surface area contributed by atoms with E-state index in [0.717, 1.165) is 12.8 Å². The number of hydrogen-bond acceptors (Lipinski definition) is 2. The molecule has 0 unspecified atom stereocenters. The first-order chi connectivity index (χ1) is 7.56.